The lowest BCUT2D eigenvalue weighted by Crippen LogP contribution is -2.36. The van der Waals surface area contributed by atoms with E-state index >= 15 is 0 Å². The van der Waals surface area contributed by atoms with E-state index in [-0.39, 0.29) is 5.69 Å². The Balaban J connectivity index is 1.38. The Hall–Kier alpha value is -4.11. The summed E-state index contributed by atoms with van der Waals surface area (Å²) in [6, 6.07) is 23.8. The highest BCUT2D eigenvalue weighted by atomic mass is 32.2. The van der Waals surface area contributed by atoms with Gasteiger partial charge in [0.25, 0.3) is 0 Å². The van der Waals surface area contributed by atoms with Gasteiger partial charge in [0.2, 0.25) is 15.9 Å². The van der Waals surface area contributed by atoms with Gasteiger partial charge in [0.1, 0.15) is 12.0 Å². The van der Waals surface area contributed by atoms with Crippen LogP contribution in [0.5, 0.6) is 5.75 Å². The first-order valence-corrected chi connectivity index (χ1v) is 12.1. The van der Waals surface area contributed by atoms with Crippen molar-refractivity contribution in [2.45, 2.75) is 12.2 Å². The molecule has 0 radical (unpaired) electrons. The van der Waals surface area contributed by atoms with Gasteiger partial charge in [-0.1, -0.05) is 48.5 Å². The molecule has 0 aliphatic carbocycles. The van der Waals surface area contributed by atoms with E-state index in [1.807, 2.05) is 30.3 Å². The number of amides is 1. The number of rotatable bonds is 9. The molecule has 4 rings (SSSR count). The Kier molecular flexibility index (Phi) is 6.93. The molecule has 1 aromatic heterocycles. The summed E-state index contributed by atoms with van der Waals surface area (Å²) in [6.07, 6.45) is 0.506. The zero-order valence-corrected chi connectivity index (χ0v) is 18.9. The second-order valence-electron chi connectivity index (χ2n) is 7.39. The molecule has 1 amide bonds. The smallest absolute Gasteiger partial charge is 0.425 e. The van der Waals surface area contributed by atoms with E-state index in [9.17, 15) is 18.3 Å². The van der Waals surface area contributed by atoms with Crippen LogP contribution < -0.4 is 9.04 Å². The molecule has 0 atom stereocenters. The highest BCUT2D eigenvalue weighted by molar-refractivity contribution is 7.92. The Morgan fingerprint density at radius 1 is 0.941 bits per heavy atom. The van der Waals surface area contributed by atoms with Crippen molar-refractivity contribution in [1.82, 2.24) is 4.98 Å². The van der Waals surface area contributed by atoms with E-state index in [1.54, 1.807) is 36.6 Å². The summed E-state index contributed by atoms with van der Waals surface area (Å²) < 4.78 is 37.1. The second kappa shape index (κ2) is 10.2. The molecule has 174 valence electrons. The molecule has 9 heteroatoms. The van der Waals surface area contributed by atoms with Crippen LogP contribution in [0.1, 0.15) is 11.3 Å². The first-order valence-electron chi connectivity index (χ1n) is 10.4. The number of carbonyl (C=O) groups is 1. The standard InChI is InChI=1S/C25H22N2O6S/c28-25(29)27(34(30,31)18-19-7-3-1-4-8-19)22-11-13-23(14-12-22)32-16-15-21-17-33-24(26-21)20-9-5-2-6-10-20/h1-14,17H,15-16,18H2,(H,28,29). The minimum atomic E-state index is -4.14. The highest BCUT2D eigenvalue weighted by Gasteiger charge is 2.29. The summed E-state index contributed by atoms with van der Waals surface area (Å²) in [5.74, 6) is 0.577. The molecule has 0 bridgehead atoms. The maximum absolute atomic E-state index is 12.8. The molecular formula is C25H22N2O6S. The normalized spacial score (nSPS) is 11.2. The topological polar surface area (TPSA) is 110 Å². The molecule has 34 heavy (non-hydrogen) atoms. The van der Waals surface area contributed by atoms with Crippen LogP contribution in [0.25, 0.3) is 11.5 Å². The molecule has 1 heterocycles. The van der Waals surface area contributed by atoms with Crippen LogP contribution in [0.3, 0.4) is 0 Å². The van der Waals surface area contributed by atoms with Crippen molar-refractivity contribution in [3.63, 3.8) is 0 Å². The SMILES string of the molecule is O=C(O)N(c1ccc(OCCc2coc(-c3ccccc3)n2)cc1)S(=O)(=O)Cc1ccccc1. The van der Waals surface area contributed by atoms with Crippen molar-refractivity contribution >= 4 is 21.8 Å². The monoisotopic (exact) mass is 478 g/mol. The summed E-state index contributed by atoms with van der Waals surface area (Å²) in [5.41, 5.74) is 2.13. The fraction of sp³-hybridized carbons (Fsp3) is 0.120. The van der Waals surface area contributed by atoms with Crippen LogP contribution in [0, 0.1) is 0 Å². The van der Waals surface area contributed by atoms with Crippen LogP contribution in [-0.4, -0.2) is 31.2 Å². The molecule has 0 aliphatic rings. The second-order valence-corrected chi connectivity index (χ2v) is 9.21. The minimum absolute atomic E-state index is 0.0137. The van der Waals surface area contributed by atoms with Crippen molar-refractivity contribution in [1.29, 1.82) is 0 Å². The van der Waals surface area contributed by atoms with Gasteiger partial charge < -0.3 is 14.3 Å². The highest BCUT2D eigenvalue weighted by Crippen LogP contribution is 2.24. The number of benzene rings is 3. The van der Waals surface area contributed by atoms with Gasteiger partial charge in [-0.3, -0.25) is 0 Å². The third-order valence-electron chi connectivity index (χ3n) is 4.91. The number of ether oxygens (including phenoxy) is 1. The van der Waals surface area contributed by atoms with E-state index in [1.165, 1.54) is 24.3 Å². The van der Waals surface area contributed by atoms with Gasteiger partial charge in [-0.25, -0.2) is 18.2 Å². The third kappa shape index (κ3) is 5.62. The largest absolute Gasteiger partial charge is 0.493 e. The van der Waals surface area contributed by atoms with Gasteiger partial charge >= 0.3 is 6.09 Å². The van der Waals surface area contributed by atoms with Crippen molar-refractivity contribution in [2.75, 3.05) is 10.9 Å². The van der Waals surface area contributed by atoms with Crippen molar-refractivity contribution < 1.29 is 27.5 Å². The van der Waals surface area contributed by atoms with E-state index in [2.05, 4.69) is 4.98 Å². The predicted molar refractivity (Wildman–Crippen MR) is 127 cm³/mol. The zero-order chi connectivity index (χ0) is 24.0. The molecule has 0 unspecified atom stereocenters. The minimum Gasteiger partial charge on any atom is -0.493 e. The van der Waals surface area contributed by atoms with Crippen LogP contribution in [0.4, 0.5) is 10.5 Å². The molecule has 8 nitrogen and oxygen atoms in total. The predicted octanol–water partition coefficient (Wildman–Crippen LogP) is 4.98. The summed E-state index contributed by atoms with van der Waals surface area (Å²) in [5, 5.41) is 9.56. The van der Waals surface area contributed by atoms with Crippen molar-refractivity contribution in [3.05, 3.63) is 102 Å². The molecule has 0 aliphatic heterocycles. The van der Waals surface area contributed by atoms with Gasteiger partial charge in [-0.05, 0) is 42.0 Å². The van der Waals surface area contributed by atoms with Crippen LogP contribution >= 0.6 is 0 Å². The Morgan fingerprint density at radius 3 is 2.24 bits per heavy atom. The molecule has 0 fully saturated rings. The maximum Gasteiger partial charge on any atom is 0.425 e. The molecular weight excluding hydrogens is 456 g/mol. The van der Waals surface area contributed by atoms with E-state index in [4.69, 9.17) is 9.15 Å². The maximum atomic E-state index is 12.8. The molecule has 0 spiro atoms. The lowest BCUT2D eigenvalue weighted by atomic mass is 10.2. The van der Waals surface area contributed by atoms with Gasteiger partial charge in [0, 0.05) is 12.0 Å². The molecule has 4 aromatic rings. The molecule has 0 saturated carbocycles. The fourth-order valence-electron chi connectivity index (χ4n) is 3.33. The Morgan fingerprint density at radius 2 is 1.59 bits per heavy atom. The quantitative estimate of drug-likeness (QED) is 0.361. The number of hydrogen-bond donors (Lipinski definition) is 1. The average Bonchev–Trinajstić information content (AvgIpc) is 3.30. The fourth-order valence-corrected chi connectivity index (χ4v) is 4.75. The third-order valence-corrected chi connectivity index (χ3v) is 6.54. The number of anilines is 1. The van der Waals surface area contributed by atoms with Crippen LogP contribution in [0.2, 0.25) is 0 Å². The summed E-state index contributed by atoms with van der Waals surface area (Å²) in [6.45, 7) is 0.315. The summed E-state index contributed by atoms with van der Waals surface area (Å²) in [7, 11) is -4.14. The van der Waals surface area contributed by atoms with E-state index in [0.29, 0.717) is 34.5 Å². The first-order chi connectivity index (χ1) is 16.4. The number of sulfonamides is 1. The number of carboxylic acid groups (broad SMARTS) is 1. The number of hydrogen-bond acceptors (Lipinski definition) is 6. The lowest BCUT2D eigenvalue weighted by Gasteiger charge is -2.19. The van der Waals surface area contributed by atoms with Crippen LogP contribution in [0.15, 0.2) is 95.6 Å². The van der Waals surface area contributed by atoms with E-state index in [0.717, 1.165) is 11.3 Å². The number of aromatic nitrogens is 1. The lowest BCUT2D eigenvalue weighted by molar-refractivity contribution is 0.206. The van der Waals surface area contributed by atoms with Crippen LogP contribution in [-0.2, 0) is 22.2 Å². The van der Waals surface area contributed by atoms with Crippen molar-refractivity contribution in [3.8, 4) is 17.2 Å². The summed E-state index contributed by atoms with van der Waals surface area (Å²) in [4.78, 5) is 16.2. The molecule has 1 N–H and O–H groups in total. The average molecular weight is 479 g/mol. The van der Waals surface area contributed by atoms with Gasteiger partial charge in [-0.2, -0.15) is 4.31 Å². The first kappa shape index (κ1) is 23.1. The van der Waals surface area contributed by atoms with E-state index < -0.39 is 21.9 Å². The zero-order valence-electron chi connectivity index (χ0n) is 18.1. The molecule has 3 aromatic carbocycles. The Bertz CT molecular complexity index is 1340. The van der Waals surface area contributed by atoms with Gasteiger partial charge in [-0.15, -0.1) is 0 Å². The molecule has 0 saturated heterocycles. The Labute approximate surface area is 197 Å². The van der Waals surface area contributed by atoms with Gasteiger partial charge in [0.05, 0.1) is 23.7 Å². The number of oxazole rings is 1. The number of nitrogens with zero attached hydrogens (tertiary/aromatic N) is 2. The summed E-state index contributed by atoms with van der Waals surface area (Å²) >= 11 is 0. The van der Waals surface area contributed by atoms with Crippen molar-refractivity contribution in [2.24, 2.45) is 0 Å². The van der Waals surface area contributed by atoms with Gasteiger partial charge in [0.15, 0.2) is 0 Å².